The number of likely N-dealkylation sites (tertiary alicyclic amines) is 1. The second-order valence-corrected chi connectivity index (χ2v) is 7.05. The van der Waals surface area contributed by atoms with E-state index in [-0.39, 0.29) is 5.60 Å². The molecule has 0 amide bonds. The minimum atomic E-state index is -0.0626. The second-order valence-electron chi connectivity index (χ2n) is 7.05. The Hall–Kier alpha value is -0.120. The summed E-state index contributed by atoms with van der Waals surface area (Å²) in [5.41, 5.74) is 6.02. The van der Waals surface area contributed by atoms with Crippen LogP contribution in [-0.4, -0.2) is 42.8 Å². The van der Waals surface area contributed by atoms with E-state index in [0.29, 0.717) is 6.04 Å². The third kappa shape index (κ3) is 3.71. The fourth-order valence-corrected chi connectivity index (χ4v) is 4.10. The SMILES string of the molecule is COC(C)(C)CC(CN)N1CCCC1C1CCCC1. The average molecular weight is 268 g/mol. The molecule has 1 saturated carbocycles. The van der Waals surface area contributed by atoms with Gasteiger partial charge in [-0.3, -0.25) is 4.90 Å². The van der Waals surface area contributed by atoms with Gasteiger partial charge in [0.1, 0.15) is 0 Å². The van der Waals surface area contributed by atoms with Gasteiger partial charge in [0, 0.05) is 25.7 Å². The Morgan fingerprint density at radius 2 is 1.89 bits per heavy atom. The highest BCUT2D eigenvalue weighted by molar-refractivity contribution is 4.93. The first-order chi connectivity index (χ1) is 9.07. The molecule has 0 bridgehead atoms. The standard InChI is InChI=1S/C16H32N2O/c1-16(2,19-3)11-14(12-17)18-10-6-9-15(18)13-7-4-5-8-13/h13-15H,4-12,17H2,1-3H3. The fourth-order valence-electron chi connectivity index (χ4n) is 4.10. The fraction of sp³-hybridized carbons (Fsp3) is 1.00. The van der Waals surface area contributed by atoms with Crippen molar-refractivity contribution in [2.24, 2.45) is 11.7 Å². The third-order valence-corrected chi connectivity index (χ3v) is 5.31. The highest BCUT2D eigenvalue weighted by Crippen LogP contribution is 2.37. The van der Waals surface area contributed by atoms with Gasteiger partial charge in [-0.25, -0.2) is 0 Å². The van der Waals surface area contributed by atoms with Crippen LogP contribution in [0.2, 0.25) is 0 Å². The van der Waals surface area contributed by atoms with E-state index >= 15 is 0 Å². The van der Waals surface area contributed by atoms with E-state index < -0.39 is 0 Å². The topological polar surface area (TPSA) is 38.5 Å². The summed E-state index contributed by atoms with van der Waals surface area (Å²) in [6.45, 7) is 6.35. The molecule has 19 heavy (non-hydrogen) atoms. The number of nitrogens with two attached hydrogens (primary N) is 1. The van der Waals surface area contributed by atoms with Crippen molar-refractivity contribution >= 4 is 0 Å². The molecule has 0 aromatic heterocycles. The van der Waals surface area contributed by atoms with Gasteiger partial charge in [0.25, 0.3) is 0 Å². The van der Waals surface area contributed by atoms with Crippen LogP contribution >= 0.6 is 0 Å². The van der Waals surface area contributed by atoms with E-state index in [4.69, 9.17) is 10.5 Å². The van der Waals surface area contributed by atoms with E-state index in [0.717, 1.165) is 24.9 Å². The molecular formula is C16H32N2O. The zero-order valence-corrected chi connectivity index (χ0v) is 13.0. The molecule has 1 heterocycles. The summed E-state index contributed by atoms with van der Waals surface area (Å²) in [5.74, 6) is 0.933. The Morgan fingerprint density at radius 1 is 1.21 bits per heavy atom. The number of rotatable bonds is 6. The van der Waals surface area contributed by atoms with Gasteiger partial charge in [-0.05, 0) is 58.4 Å². The van der Waals surface area contributed by atoms with Crippen molar-refractivity contribution in [2.75, 3.05) is 20.2 Å². The molecule has 2 atom stereocenters. The van der Waals surface area contributed by atoms with Crippen molar-refractivity contribution in [2.45, 2.75) is 76.5 Å². The molecule has 0 aromatic rings. The molecular weight excluding hydrogens is 236 g/mol. The molecule has 0 spiro atoms. The normalized spacial score (nSPS) is 28.1. The van der Waals surface area contributed by atoms with Gasteiger partial charge < -0.3 is 10.5 Å². The average Bonchev–Trinajstić information content (AvgIpc) is 3.05. The lowest BCUT2D eigenvalue weighted by molar-refractivity contribution is -0.0127. The van der Waals surface area contributed by atoms with E-state index in [2.05, 4.69) is 18.7 Å². The molecule has 2 rings (SSSR count). The predicted molar refractivity (Wildman–Crippen MR) is 80.2 cm³/mol. The van der Waals surface area contributed by atoms with Gasteiger partial charge in [0.2, 0.25) is 0 Å². The maximum atomic E-state index is 6.08. The molecule has 3 nitrogen and oxygen atoms in total. The van der Waals surface area contributed by atoms with Gasteiger partial charge >= 0.3 is 0 Å². The lowest BCUT2D eigenvalue weighted by Crippen LogP contribution is -2.49. The first-order valence-corrected chi connectivity index (χ1v) is 8.08. The second kappa shape index (κ2) is 6.55. The lowest BCUT2D eigenvalue weighted by atomic mass is 9.92. The number of hydrogen-bond donors (Lipinski definition) is 1. The molecule has 0 radical (unpaired) electrons. The number of nitrogens with zero attached hydrogens (tertiary/aromatic N) is 1. The Labute approximate surface area is 118 Å². The summed E-state index contributed by atoms with van der Waals surface area (Å²) in [6, 6.07) is 1.28. The van der Waals surface area contributed by atoms with Gasteiger partial charge in [-0.1, -0.05) is 12.8 Å². The summed E-state index contributed by atoms with van der Waals surface area (Å²) >= 11 is 0. The Balaban J connectivity index is 1.99. The van der Waals surface area contributed by atoms with Gasteiger partial charge in [-0.15, -0.1) is 0 Å². The van der Waals surface area contributed by atoms with Crippen LogP contribution in [0.15, 0.2) is 0 Å². The van der Waals surface area contributed by atoms with E-state index in [1.165, 1.54) is 45.1 Å². The van der Waals surface area contributed by atoms with E-state index in [1.807, 2.05) is 7.11 Å². The van der Waals surface area contributed by atoms with E-state index in [9.17, 15) is 0 Å². The van der Waals surface area contributed by atoms with Crippen LogP contribution in [0.3, 0.4) is 0 Å². The third-order valence-electron chi connectivity index (χ3n) is 5.31. The largest absolute Gasteiger partial charge is 0.379 e. The minimum absolute atomic E-state index is 0.0626. The monoisotopic (exact) mass is 268 g/mol. The number of methoxy groups -OCH3 is 1. The maximum absolute atomic E-state index is 6.08. The summed E-state index contributed by atoms with van der Waals surface area (Å²) < 4.78 is 5.61. The zero-order valence-electron chi connectivity index (χ0n) is 13.0. The Bertz CT molecular complexity index is 274. The predicted octanol–water partition coefficient (Wildman–Crippen LogP) is 2.78. The molecule has 1 aliphatic heterocycles. The summed E-state index contributed by atoms with van der Waals surface area (Å²) in [6.07, 6.45) is 9.53. The number of hydrogen-bond acceptors (Lipinski definition) is 3. The van der Waals surface area contributed by atoms with Crippen LogP contribution < -0.4 is 5.73 Å². The molecule has 1 aliphatic carbocycles. The molecule has 3 heteroatoms. The van der Waals surface area contributed by atoms with Crippen molar-refractivity contribution in [1.82, 2.24) is 4.90 Å². The summed E-state index contributed by atoms with van der Waals surface area (Å²) in [7, 11) is 1.81. The Kier molecular flexibility index (Phi) is 5.27. The quantitative estimate of drug-likeness (QED) is 0.805. The molecule has 2 N–H and O–H groups in total. The van der Waals surface area contributed by atoms with Crippen LogP contribution in [0.1, 0.15) is 58.8 Å². The van der Waals surface area contributed by atoms with Crippen LogP contribution in [0.4, 0.5) is 0 Å². The molecule has 112 valence electrons. The minimum Gasteiger partial charge on any atom is -0.379 e. The molecule has 2 unspecified atom stereocenters. The Morgan fingerprint density at radius 3 is 2.47 bits per heavy atom. The van der Waals surface area contributed by atoms with Crippen molar-refractivity contribution < 1.29 is 4.74 Å². The zero-order chi connectivity index (χ0) is 13.9. The van der Waals surface area contributed by atoms with Crippen LogP contribution in [0, 0.1) is 5.92 Å². The lowest BCUT2D eigenvalue weighted by Gasteiger charge is -2.39. The molecule has 1 saturated heterocycles. The molecule has 2 fully saturated rings. The van der Waals surface area contributed by atoms with Crippen LogP contribution in [0.25, 0.3) is 0 Å². The number of ether oxygens (including phenoxy) is 1. The van der Waals surface area contributed by atoms with Crippen LogP contribution in [-0.2, 0) is 4.74 Å². The first-order valence-electron chi connectivity index (χ1n) is 8.08. The van der Waals surface area contributed by atoms with Crippen molar-refractivity contribution in [1.29, 1.82) is 0 Å². The highest BCUT2D eigenvalue weighted by atomic mass is 16.5. The van der Waals surface area contributed by atoms with Crippen molar-refractivity contribution in [3.05, 3.63) is 0 Å². The maximum Gasteiger partial charge on any atom is 0.0638 e. The van der Waals surface area contributed by atoms with Crippen molar-refractivity contribution in [3.63, 3.8) is 0 Å². The first kappa shape index (κ1) is 15.3. The smallest absolute Gasteiger partial charge is 0.0638 e. The van der Waals surface area contributed by atoms with Crippen molar-refractivity contribution in [3.8, 4) is 0 Å². The van der Waals surface area contributed by atoms with Gasteiger partial charge in [-0.2, -0.15) is 0 Å². The summed E-state index contributed by atoms with van der Waals surface area (Å²) in [4.78, 5) is 2.72. The van der Waals surface area contributed by atoms with E-state index in [1.54, 1.807) is 0 Å². The highest BCUT2D eigenvalue weighted by Gasteiger charge is 2.38. The summed E-state index contributed by atoms with van der Waals surface area (Å²) in [5, 5.41) is 0. The van der Waals surface area contributed by atoms with Gasteiger partial charge in [0.15, 0.2) is 0 Å². The van der Waals surface area contributed by atoms with Gasteiger partial charge in [0.05, 0.1) is 5.60 Å². The van der Waals surface area contributed by atoms with Crippen LogP contribution in [0.5, 0.6) is 0 Å². The molecule has 0 aromatic carbocycles. The molecule has 2 aliphatic rings.